The first kappa shape index (κ1) is 13.0. The van der Waals surface area contributed by atoms with E-state index in [2.05, 4.69) is 10.6 Å². The second-order valence-corrected chi connectivity index (χ2v) is 4.35. The quantitative estimate of drug-likeness (QED) is 0.475. The maximum Gasteiger partial charge on any atom is 0.233 e. The van der Waals surface area contributed by atoms with E-state index in [0.29, 0.717) is 13.0 Å². The van der Waals surface area contributed by atoms with Crippen LogP contribution in [0.4, 0.5) is 0 Å². The number of carbonyl (C=O) groups excluding carboxylic acids is 2. The molecule has 0 spiro atoms. The van der Waals surface area contributed by atoms with Crippen LogP contribution in [0.2, 0.25) is 0 Å². The van der Waals surface area contributed by atoms with Gasteiger partial charge >= 0.3 is 0 Å². The number of rotatable bonds is 9. The summed E-state index contributed by atoms with van der Waals surface area (Å²) in [7, 11) is 0. The molecule has 1 saturated carbocycles. The Bertz CT molecular complexity index is 239. The van der Waals surface area contributed by atoms with Crippen molar-refractivity contribution in [1.29, 1.82) is 0 Å². The zero-order chi connectivity index (χ0) is 11.8. The van der Waals surface area contributed by atoms with Gasteiger partial charge in [-0.3, -0.25) is 9.59 Å². The Morgan fingerprint density at radius 3 is 2.62 bits per heavy atom. The van der Waals surface area contributed by atoms with E-state index in [4.69, 9.17) is 5.73 Å². The van der Waals surface area contributed by atoms with Gasteiger partial charge in [-0.05, 0) is 38.1 Å². The van der Waals surface area contributed by atoms with Crippen molar-refractivity contribution in [3.8, 4) is 0 Å². The number of amides is 2. The van der Waals surface area contributed by atoms with Crippen LogP contribution in [0.3, 0.4) is 0 Å². The van der Waals surface area contributed by atoms with Crippen molar-refractivity contribution >= 4 is 11.8 Å². The molecular weight excluding hydrogens is 206 g/mol. The molecule has 1 aliphatic carbocycles. The molecule has 0 aromatic heterocycles. The van der Waals surface area contributed by atoms with Crippen molar-refractivity contribution in [3.63, 3.8) is 0 Å². The second-order valence-electron chi connectivity index (χ2n) is 4.35. The van der Waals surface area contributed by atoms with E-state index >= 15 is 0 Å². The van der Waals surface area contributed by atoms with Gasteiger partial charge in [-0.2, -0.15) is 0 Å². The summed E-state index contributed by atoms with van der Waals surface area (Å²) in [4.78, 5) is 21.7. The molecule has 1 aliphatic rings. The van der Waals surface area contributed by atoms with E-state index in [1.165, 1.54) is 12.8 Å². The van der Waals surface area contributed by atoms with Gasteiger partial charge in [0, 0.05) is 13.0 Å². The van der Waals surface area contributed by atoms with Gasteiger partial charge in [-0.25, -0.2) is 0 Å². The molecule has 0 saturated heterocycles. The highest BCUT2D eigenvalue weighted by molar-refractivity contribution is 5.78. The molecule has 2 amide bonds. The zero-order valence-electron chi connectivity index (χ0n) is 9.63. The molecule has 0 aromatic carbocycles. The first-order valence-electron chi connectivity index (χ1n) is 5.94. The first-order chi connectivity index (χ1) is 7.68. The largest absolute Gasteiger partial charge is 0.370 e. The maximum absolute atomic E-state index is 11.3. The van der Waals surface area contributed by atoms with E-state index in [1.54, 1.807) is 0 Å². The van der Waals surface area contributed by atoms with E-state index in [9.17, 15) is 9.59 Å². The summed E-state index contributed by atoms with van der Waals surface area (Å²) >= 11 is 0. The Balaban J connectivity index is 1.82. The van der Waals surface area contributed by atoms with Crippen LogP contribution >= 0.6 is 0 Å². The predicted octanol–water partition coefficient (Wildman–Crippen LogP) is -0.242. The minimum Gasteiger partial charge on any atom is -0.370 e. The van der Waals surface area contributed by atoms with Crippen molar-refractivity contribution < 1.29 is 9.59 Å². The Kier molecular flexibility index (Phi) is 5.85. The van der Waals surface area contributed by atoms with Crippen LogP contribution in [0, 0.1) is 5.92 Å². The Hall–Kier alpha value is -1.10. The summed E-state index contributed by atoms with van der Waals surface area (Å²) in [6, 6.07) is 0. The normalized spacial score (nSPS) is 14.8. The Morgan fingerprint density at radius 2 is 2.00 bits per heavy atom. The average molecular weight is 227 g/mol. The number of nitrogens with two attached hydrogens (primary N) is 1. The fourth-order valence-corrected chi connectivity index (χ4v) is 1.39. The van der Waals surface area contributed by atoms with E-state index < -0.39 is 0 Å². The molecule has 0 atom stereocenters. The summed E-state index contributed by atoms with van der Waals surface area (Å²) in [6.45, 7) is 1.94. The van der Waals surface area contributed by atoms with Gasteiger partial charge < -0.3 is 16.4 Å². The lowest BCUT2D eigenvalue weighted by atomic mass is 10.2. The molecule has 0 radical (unpaired) electrons. The van der Waals surface area contributed by atoms with Crippen LogP contribution in [0.15, 0.2) is 0 Å². The third-order valence-electron chi connectivity index (χ3n) is 2.60. The monoisotopic (exact) mass is 227 g/mol. The number of hydrogen-bond acceptors (Lipinski definition) is 3. The zero-order valence-corrected chi connectivity index (χ0v) is 9.63. The summed E-state index contributed by atoms with van der Waals surface area (Å²) in [5, 5.41) is 5.92. The van der Waals surface area contributed by atoms with Gasteiger partial charge in [0.2, 0.25) is 11.8 Å². The summed E-state index contributed by atoms with van der Waals surface area (Å²) < 4.78 is 0. The standard InChI is InChI=1S/C11H21N3O2/c12-10(15)3-1-2-6-13-8-11(16)14-7-9-4-5-9/h9,13H,1-8H2,(H2,12,15)(H,14,16). The van der Waals surface area contributed by atoms with E-state index in [0.717, 1.165) is 31.8 Å². The molecule has 1 rings (SSSR count). The average Bonchev–Trinajstić information content (AvgIpc) is 3.03. The van der Waals surface area contributed by atoms with Gasteiger partial charge in [-0.15, -0.1) is 0 Å². The molecular formula is C11H21N3O2. The smallest absolute Gasteiger partial charge is 0.233 e. The molecule has 0 heterocycles. The number of carbonyl (C=O) groups is 2. The number of primary amides is 1. The van der Waals surface area contributed by atoms with Crippen LogP contribution in [-0.2, 0) is 9.59 Å². The summed E-state index contributed by atoms with van der Waals surface area (Å²) in [5.41, 5.74) is 5.01. The van der Waals surface area contributed by atoms with Crippen molar-refractivity contribution in [3.05, 3.63) is 0 Å². The second kappa shape index (κ2) is 7.22. The van der Waals surface area contributed by atoms with Crippen LogP contribution in [0.25, 0.3) is 0 Å². The maximum atomic E-state index is 11.3. The summed E-state index contributed by atoms with van der Waals surface area (Å²) in [6.07, 6.45) is 4.59. The van der Waals surface area contributed by atoms with Crippen LogP contribution < -0.4 is 16.4 Å². The van der Waals surface area contributed by atoms with E-state index in [-0.39, 0.29) is 11.8 Å². The minimum absolute atomic E-state index is 0.0572. The topological polar surface area (TPSA) is 84.2 Å². The minimum atomic E-state index is -0.262. The highest BCUT2D eigenvalue weighted by atomic mass is 16.2. The Morgan fingerprint density at radius 1 is 1.25 bits per heavy atom. The molecule has 5 heteroatoms. The predicted molar refractivity (Wildman–Crippen MR) is 61.6 cm³/mol. The van der Waals surface area contributed by atoms with Crippen molar-refractivity contribution in [2.45, 2.75) is 32.1 Å². The molecule has 0 bridgehead atoms. The van der Waals surface area contributed by atoms with E-state index in [1.807, 2.05) is 0 Å². The highest BCUT2D eigenvalue weighted by Crippen LogP contribution is 2.27. The van der Waals surface area contributed by atoms with Gasteiger partial charge in [0.25, 0.3) is 0 Å². The molecule has 4 N–H and O–H groups in total. The van der Waals surface area contributed by atoms with Crippen LogP contribution in [-0.4, -0.2) is 31.4 Å². The molecule has 16 heavy (non-hydrogen) atoms. The van der Waals surface area contributed by atoms with Crippen molar-refractivity contribution in [1.82, 2.24) is 10.6 Å². The van der Waals surface area contributed by atoms with Crippen molar-refractivity contribution in [2.75, 3.05) is 19.6 Å². The lowest BCUT2D eigenvalue weighted by Crippen LogP contribution is -2.35. The third-order valence-corrected chi connectivity index (χ3v) is 2.60. The molecule has 1 fully saturated rings. The number of unbranched alkanes of at least 4 members (excludes halogenated alkanes) is 1. The highest BCUT2D eigenvalue weighted by Gasteiger charge is 2.21. The van der Waals surface area contributed by atoms with Gasteiger partial charge in [0.05, 0.1) is 6.54 Å². The fourth-order valence-electron chi connectivity index (χ4n) is 1.39. The van der Waals surface area contributed by atoms with Crippen LogP contribution in [0.1, 0.15) is 32.1 Å². The molecule has 0 aliphatic heterocycles. The Labute approximate surface area is 96.1 Å². The SMILES string of the molecule is NC(=O)CCCCNCC(=O)NCC1CC1. The van der Waals surface area contributed by atoms with Gasteiger partial charge in [-0.1, -0.05) is 0 Å². The summed E-state index contributed by atoms with van der Waals surface area (Å²) in [5.74, 6) is 0.517. The fraction of sp³-hybridized carbons (Fsp3) is 0.818. The molecule has 0 unspecified atom stereocenters. The molecule has 5 nitrogen and oxygen atoms in total. The van der Waals surface area contributed by atoms with Gasteiger partial charge in [0.1, 0.15) is 0 Å². The van der Waals surface area contributed by atoms with Crippen molar-refractivity contribution in [2.24, 2.45) is 11.7 Å². The van der Waals surface area contributed by atoms with Gasteiger partial charge in [0.15, 0.2) is 0 Å². The number of hydrogen-bond donors (Lipinski definition) is 3. The third kappa shape index (κ3) is 7.23. The lowest BCUT2D eigenvalue weighted by Gasteiger charge is -2.05. The molecule has 92 valence electrons. The molecule has 0 aromatic rings. The number of nitrogens with one attached hydrogen (secondary N) is 2. The lowest BCUT2D eigenvalue weighted by molar-refractivity contribution is -0.120. The first-order valence-corrected chi connectivity index (χ1v) is 5.94. The van der Waals surface area contributed by atoms with Crippen LogP contribution in [0.5, 0.6) is 0 Å².